The minimum Gasteiger partial charge on any atom is -0.492 e. The van der Waals surface area contributed by atoms with Crippen LogP contribution in [0.25, 0.3) is 22.2 Å². The second-order valence-electron chi connectivity index (χ2n) is 9.44. The fraction of sp³-hybridized carbons (Fsp3) is 0.357. The third-order valence-electron chi connectivity index (χ3n) is 6.88. The minimum absolute atomic E-state index is 0.389. The molecular weight excluding hydrogens is 496 g/mol. The molecule has 11 heteroatoms. The Morgan fingerprint density at radius 3 is 2.54 bits per heavy atom. The standard InChI is InChI=1S/C28H32N8O3/c29-27-23-3-1-2-22(24-18-21(6-7-30-24)39-17-10-35-8-13-37-14-9-35)26(23)33-28(34-27)32-20-4-5-25(31-19-20)36-11-15-38-16-12-36/h1-7,18-19H,8-17H2,(H3,29,32,33,34). The van der Waals surface area contributed by atoms with Crippen LogP contribution in [-0.4, -0.2) is 90.6 Å². The van der Waals surface area contributed by atoms with Crippen molar-refractivity contribution in [3.05, 3.63) is 54.9 Å². The minimum atomic E-state index is 0.389. The molecule has 0 amide bonds. The van der Waals surface area contributed by atoms with Crippen LogP contribution in [0, 0.1) is 0 Å². The third-order valence-corrected chi connectivity index (χ3v) is 6.88. The van der Waals surface area contributed by atoms with Gasteiger partial charge in [0.15, 0.2) is 0 Å². The number of morpholine rings is 2. The maximum absolute atomic E-state index is 6.36. The SMILES string of the molecule is Nc1nc(Nc2ccc(N3CCOCC3)nc2)nc2c(-c3cc(OCCN4CCOCC4)ccn3)cccc12. The van der Waals surface area contributed by atoms with Crippen LogP contribution in [0.1, 0.15) is 0 Å². The van der Waals surface area contributed by atoms with E-state index in [1.54, 1.807) is 12.4 Å². The van der Waals surface area contributed by atoms with E-state index in [0.717, 1.165) is 79.8 Å². The first-order valence-corrected chi connectivity index (χ1v) is 13.2. The zero-order chi connectivity index (χ0) is 26.4. The van der Waals surface area contributed by atoms with Crippen LogP contribution >= 0.6 is 0 Å². The van der Waals surface area contributed by atoms with Gasteiger partial charge in [-0.15, -0.1) is 0 Å². The predicted octanol–water partition coefficient (Wildman–Crippen LogP) is 2.96. The Morgan fingerprint density at radius 2 is 1.74 bits per heavy atom. The molecule has 0 spiro atoms. The summed E-state index contributed by atoms with van der Waals surface area (Å²) in [4.78, 5) is 23.1. The molecule has 202 valence electrons. The first-order chi connectivity index (χ1) is 19.2. The monoisotopic (exact) mass is 528 g/mol. The molecule has 3 N–H and O–H groups in total. The van der Waals surface area contributed by atoms with Crippen LogP contribution in [0.15, 0.2) is 54.9 Å². The Hall–Kier alpha value is -4.06. The van der Waals surface area contributed by atoms with Crippen molar-refractivity contribution in [2.24, 2.45) is 0 Å². The van der Waals surface area contributed by atoms with Gasteiger partial charge < -0.3 is 30.2 Å². The van der Waals surface area contributed by atoms with Crippen molar-refractivity contribution in [2.45, 2.75) is 0 Å². The molecule has 1 aromatic carbocycles. The summed E-state index contributed by atoms with van der Waals surface area (Å²) < 4.78 is 16.9. The van der Waals surface area contributed by atoms with Gasteiger partial charge in [0.1, 0.15) is 24.0 Å². The van der Waals surface area contributed by atoms with Crippen molar-refractivity contribution >= 4 is 34.2 Å². The maximum Gasteiger partial charge on any atom is 0.229 e. The molecule has 0 unspecified atom stereocenters. The molecule has 3 aromatic heterocycles. The Labute approximate surface area is 226 Å². The average Bonchev–Trinajstić information content (AvgIpc) is 2.99. The molecule has 4 aromatic rings. The van der Waals surface area contributed by atoms with Crippen LogP contribution in [0.5, 0.6) is 5.75 Å². The number of pyridine rings is 2. The number of aromatic nitrogens is 4. The number of anilines is 4. The molecule has 5 heterocycles. The number of nitrogen functional groups attached to an aromatic ring is 1. The molecule has 0 aliphatic carbocycles. The number of benzene rings is 1. The van der Waals surface area contributed by atoms with Crippen molar-refractivity contribution in [2.75, 3.05) is 81.7 Å². The number of nitrogens with one attached hydrogen (secondary N) is 1. The van der Waals surface area contributed by atoms with E-state index >= 15 is 0 Å². The van der Waals surface area contributed by atoms with Gasteiger partial charge in [-0.3, -0.25) is 9.88 Å². The van der Waals surface area contributed by atoms with Crippen LogP contribution < -0.4 is 20.7 Å². The van der Waals surface area contributed by atoms with E-state index in [1.165, 1.54) is 0 Å². The fourth-order valence-corrected chi connectivity index (χ4v) is 4.77. The second-order valence-corrected chi connectivity index (χ2v) is 9.44. The zero-order valence-corrected chi connectivity index (χ0v) is 21.8. The predicted molar refractivity (Wildman–Crippen MR) is 150 cm³/mol. The Morgan fingerprint density at radius 1 is 0.923 bits per heavy atom. The van der Waals surface area contributed by atoms with Crippen LogP contribution in [0.2, 0.25) is 0 Å². The molecule has 0 atom stereocenters. The molecule has 2 aliphatic rings. The summed E-state index contributed by atoms with van der Waals surface area (Å²) in [5.74, 6) is 2.46. The first kappa shape index (κ1) is 25.2. The molecule has 2 fully saturated rings. The quantitative estimate of drug-likeness (QED) is 0.351. The molecule has 6 rings (SSSR count). The van der Waals surface area contributed by atoms with E-state index in [2.05, 4.69) is 30.1 Å². The number of hydrogen-bond acceptors (Lipinski definition) is 11. The van der Waals surface area contributed by atoms with Gasteiger partial charge in [0.05, 0.1) is 49.5 Å². The lowest BCUT2D eigenvalue weighted by atomic mass is 10.1. The summed E-state index contributed by atoms with van der Waals surface area (Å²) in [5.41, 5.74) is 9.45. The van der Waals surface area contributed by atoms with E-state index in [0.29, 0.717) is 37.1 Å². The molecule has 2 saturated heterocycles. The van der Waals surface area contributed by atoms with Crippen LogP contribution in [-0.2, 0) is 9.47 Å². The largest absolute Gasteiger partial charge is 0.492 e. The molecule has 0 radical (unpaired) electrons. The van der Waals surface area contributed by atoms with Gasteiger partial charge in [0, 0.05) is 55.9 Å². The topological polar surface area (TPSA) is 124 Å². The third kappa shape index (κ3) is 6.00. The van der Waals surface area contributed by atoms with Gasteiger partial charge in [-0.25, -0.2) is 9.97 Å². The number of hydrogen-bond donors (Lipinski definition) is 2. The molecule has 39 heavy (non-hydrogen) atoms. The molecular formula is C28H32N8O3. The molecule has 11 nitrogen and oxygen atoms in total. The highest BCUT2D eigenvalue weighted by atomic mass is 16.5. The number of nitrogens with two attached hydrogens (primary N) is 1. The van der Waals surface area contributed by atoms with Gasteiger partial charge in [-0.05, 0) is 24.3 Å². The lowest BCUT2D eigenvalue weighted by Gasteiger charge is -2.27. The highest BCUT2D eigenvalue weighted by Crippen LogP contribution is 2.31. The van der Waals surface area contributed by atoms with E-state index in [-0.39, 0.29) is 0 Å². The summed E-state index contributed by atoms with van der Waals surface area (Å²) in [6.07, 6.45) is 3.53. The van der Waals surface area contributed by atoms with Gasteiger partial charge in [0.25, 0.3) is 0 Å². The van der Waals surface area contributed by atoms with Crippen molar-refractivity contribution in [3.8, 4) is 17.0 Å². The van der Waals surface area contributed by atoms with Crippen molar-refractivity contribution < 1.29 is 14.2 Å². The molecule has 0 bridgehead atoms. The summed E-state index contributed by atoms with van der Waals surface area (Å²) in [7, 11) is 0. The second kappa shape index (κ2) is 11.8. The van der Waals surface area contributed by atoms with E-state index < -0.39 is 0 Å². The van der Waals surface area contributed by atoms with Gasteiger partial charge >= 0.3 is 0 Å². The van der Waals surface area contributed by atoms with Crippen molar-refractivity contribution in [1.82, 2.24) is 24.8 Å². The lowest BCUT2D eigenvalue weighted by molar-refractivity contribution is 0.0322. The number of rotatable bonds is 8. The van der Waals surface area contributed by atoms with Gasteiger partial charge in [-0.2, -0.15) is 4.98 Å². The van der Waals surface area contributed by atoms with Crippen molar-refractivity contribution in [3.63, 3.8) is 0 Å². The summed E-state index contributed by atoms with van der Waals surface area (Å²) in [6.45, 7) is 7.98. The lowest BCUT2D eigenvalue weighted by Crippen LogP contribution is -2.38. The highest BCUT2D eigenvalue weighted by Gasteiger charge is 2.15. The first-order valence-electron chi connectivity index (χ1n) is 13.2. The molecule has 0 saturated carbocycles. The number of fused-ring (bicyclic) bond motifs is 1. The number of para-hydroxylation sites is 1. The highest BCUT2D eigenvalue weighted by molar-refractivity contribution is 5.98. The Balaban J connectivity index is 1.20. The van der Waals surface area contributed by atoms with Crippen LogP contribution in [0.4, 0.5) is 23.3 Å². The summed E-state index contributed by atoms with van der Waals surface area (Å²) in [5, 5.41) is 4.01. The zero-order valence-electron chi connectivity index (χ0n) is 21.8. The smallest absolute Gasteiger partial charge is 0.229 e. The van der Waals surface area contributed by atoms with Crippen molar-refractivity contribution in [1.29, 1.82) is 0 Å². The van der Waals surface area contributed by atoms with Gasteiger partial charge in [0.2, 0.25) is 5.95 Å². The summed E-state index contributed by atoms with van der Waals surface area (Å²) >= 11 is 0. The van der Waals surface area contributed by atoms with E-state index in [1.807, 2.05) is 42.5 Å². The van der Waals surface area contributed by atoms with Crippen LogP contribution in [0.3, 0.4) is 0 Å². The molecule has 2 aliphatic heterocycles. The van der Waals surface area contributed by atoms with E-state index in [9.17, 15) is 0 Å². The maximum atomic E-state index is 6.36. The summed E-state index contributed by atoms with van der Waals surface area (Å²) in [6, 6.07) is 13.6. The van der Waals surface area contributed by atoms with E-state index in [4.69, 9.17) is 24.9 Å². The van der Waals surface area contributed by atoms with Gasteiger partial charge in [-0.1, -0.05) is 12.1 Å². The fourth-order valence-electron chi connectivity index (χ4n) is 4.77. The number of ether oxygens (including phenoxy) is 3. The Kier molecular flexibility index (Phi) is 7.61. The Bertz CT molecular complexity index is 1410. The normalized spacial score (nSPS) is 16.4. The average molecular weight is 529 g/mol. The number of nitrogens with zero attached hydrogens (tertiary/aromatic N) is 6.